The van der Waals surface area contributed by atoms with Gasteiger partial charge < -0.3 is 24.2 Å². The zero-order valence-corrected chi connectivity index (χ0v) is 47.4. The first kappa shape index (κ1) is 70.1. The Bertz CT molecular complexity index is 1660. The van der Waals surface area contributed by atoms with Gasteiger partial charge in [0.15, 0.2) is 6.10 Å². The summed E-state index contributed by atoms with van der Waals surface area (Å²) in [5.74, 6) is -1.54. The van der Waals surface area contributed by atoms with E-state index >= 15 is 0 Å². The Hall–Kier alpha value is -3.86. The van der Waals surface area contributed by atoms with E-state index in [1.54, 1.807) is 0 Å². The molecule has 3 unspecified atom stereocenters. The second-order valence-electron chi connectivity index (χ2n) is 18.7. The molecule has 0 fully saturated rings. The van der Waals surface area contributed by atoms with E-state index in [9.17, 15) is 28.9 Å². The molecule has 422 valence electrons. The Morgan fingerprint density at radius 1 is 0.392 bits per heavy atom. The quantitative estimate of drug-likeness (QED) is 0.0197. The number of esters is 3. The molecule has 2 N–H and O–H groups in total. The predicted octanol–water partition coefficient (Wildman–Crippen LogP) is 17.0. The SMILES string of the molecule is CC/C=C\C/C=C\C/C=C\C/C=C\C/C=C\CCCCCC(=O)OC(COC(=O)CCCCCCC/C=C\C/C=C\C/C=C\CC)COP(=O)(O)OCC(CO)OC(=O)CCCCCCC/C=C\CCCCCC. The maximum Gasteiger partial charge on any atom is 0.472 e. The van der Waals surface area contributed by atoms with Gasteiger partial charge in [0.05, 0.1) is 19.8 Å². The Kier molecular flexibility index (Phi) is 52.5. The van der Waals surface area contributed by atoms with Crippen LogP contribution in [0.3, 0.4) is 0 Å². The molecule has 0 aromatic heterocycles. The van der Waals surface area contributed by atoms with E-state index in [4.69, 9.17) is 23.3 Å². The van der Waals surface area contributed by atoms with Gasteiger partial charge >= 0.3 is 25.7 Å². The van der Waals surface area contributed by atoms with Crippen molar-refractivity contribution < 1.29 is 52.2 Å². The third kappa shape index (κ3) is 53.0. The van der Waals surface area contributed by atoms with Crippen LogP contribution in [0, 0.1) is 0 Å². The summed E-state index contributed by atoms with van der Waals surface area (Å²) in [5.41, 5.74) is 0. The maximum atomic E-state index is 12.9. The van der Waals surface area contributed by atoms with Gasteiger partial charge in [0.1, 0.15) is 12.7 Å². The summed E-state index contributed by atoms with van der Waals surface area (Å²) >= 11 is 0. The van der Waals surface area contributed by atoms with E-state index in [1.807, 2.05) is 0 Å². The van der Waals surface area contributed by atoms with Gasteiger partial charge in [0.25, 0.3) is 0 Å². The number of rotatable bonds is 52. The van der Waals surface area contributed by atoms with Gasteiger partial charge in [0.2, 0.25) is 0 Å². The van der Waals surface area contributed by atoms with Crippen LogP contribution < -0.4 is 0 Å². The molecule has 0 aliphatic carbocycles. The summed E-state index contributed by atoms with van der Waals surface area (Å²) in [7, 11) is -4.77. The molecule has 0 aliphatic rings. The molecular formula is C62H103O11P. The molecule has 0 aliphatic heterocycles. The molecule has 0 spiro atoms. The highest BCUT2D eigenvalue weighted by Gasteiger charge is 2.28. The first-order chi connectivity index (χ1) is 36.2. The Labute approximate surface area is 450 Å². The standard InChI is InChI=1S/C62H103O11P/c1-4-7-10-13-16-19-22-25-27-28-29-30-32-35-38-41-44-47-50-53-62(66)73-59(55-69-60(64)51-48-45-42-39-36-34-31-26-23-20-17-14-11-8-5-2)57-71-74(67,68)70-56-58(54-63)72-61(65)52-49-46-43-40-37-33-24-21-18-15-12-9-6-3/h7-8,10-11,16-17,19-21,24-27,29-31,35,38,58-59,63H,4-6,9,12-15,18,22-23,28,32-34,36-37,39-57H2,1-3H3,(H,67,68)/b10-7-,11-8-,19-16-,20-17-,24-21-,27-25-,30-29-,31-26-,38-35-. The largest absolute Gasteiger partial charge is 0.472 e. The molecule has 0 rings (SSSR count). The molecule has 0 saturated heterocycles. The number of hydrogen-bond donors (Lipinski definition) is 2. The summed E-state index contributed by atoms with van der Waals surface area (Å²) < 4.78 is 39.5. The highest BCUT2D eigenvalue weighted by Crippen LogP contribution is 2.43. The molecule has 74 heavy (non-hydrogen) atoms. The van der Waals surface area contributed by atoms with Crippen LogP contribution in [0.15, 0.2) is 109 Å². The number of phosphoric ester groups is 1. The van der Waals surface area contributed by atoms with Crippen molar-refractivity contribution in [1.82, 2.24) is 0 Å². The molecule has 12 heteroatoms. The van der Waals surface area contributed by atoms with Gasteiger partial charge in [-0.1, -0.05) is 194 Å². The van der Waals surface area contributed by atoms with Crippen molar-refractivity contribution in [1.29, 1.82) is 0 Å². The molecule has 0 heterocycles. The fraction of sp³-hybridized carbons (Fsp3) is 0.661. The lowest BCUT2D eigenvalue weighted by molar-refractivity contribution is -0.161. The Morgan fingerprint density at radius 3 is 1.11 bits per heavy atom. The molecule has 3 atom stereocenters. The van der Waals surface area contributed by atoms with Crippen LogP contribution in [0.5, 0.6) is 0 Å². The zero-order chi connectivity index (χ0) is 54.1. The van der Waals surface area contributed by atoms with E-state index in [0.717, 1.165) is 141 Å². The minimum Gasteiger partial charge on any atom is -0.462 e. The molecular weight excluding hydrogens is 952 g/mol. The second-order valence-corrected chi connectivity index (χ2v) is 20.1. The van der Waals surface area contributed by atoms with Crippen molar-refractivity contribution in [2.24, 2.45) is 0 Å². The summed E-state index contributed by atoms with van der Waals surface area (Å²) in [6.45, 7) is 4.32. The lowest BCUT2D eigenvalue weighted by Gasteiger charge is -2.21. The van der Waals surface area contributed by atoms with E-state index < -0.39 is 57.8 Å². The van der Waals surface area contributed by atoms with E-state index in [-0.39, 0.29) is 25.9 Å². The Balaban J connectivity index is 4.84. The van der Waals surface area contributed by atoms with Crippen LogP contribution in [0.1, 0.15) is 226 Å². The summed E-state index contributed by atoms with van der Waals surface area (Å²) in [4.78, 5) is 48.5. The third-order valence-corrected chi connectivity index (χ3v) is 12.6. The van der Waals surface area contributed by atoms with Crippen molar-refractivity contribution in [2.75, 3.05) is 26.4 Å². The normalized spacial score (nSPS) is 14.2. The van der Waals surface area contributed by atoms with Gasteiger partial charge in [-0.05, 0) is 122 Å². The molecule has 0 bridgehead atoms. The summed E-state index contributed by atoms with van der Waals surface area (Å²) in [5, 5.41) is 9.81. The third-order valence-electron chi connectivity index (χ3n) is 11.7. The number of aliphatic hydroxyl groups is 1. The molecule has 0 aromatic rings. The van der Waals surface area contributed by atoms with E-state index in [2.05, 4.69) is 130 Å². The first-order valence-corrected chi connectivity index (χ1v) is 30.3. The van der Waals surface area contributed by atoms with Crippen molar-refractivity contribution in [3.63, 3.8) is 0 Å². The number of phosphoric acid groups is 1. The van der Waals surface area contributed by atoms with E-state index in [0.29, 0.717) is 19.3 Å². The van der Waals surface area contributed by atoms with Crippen LogP contribution in [-0.2, 0) is 42.2 Å². The summed E-state index contributed by atoms with van der Waals surface area (Å²) in [6.07, 6.45) is 66.2. The molecule has 11 nitrogen and oxygen atoms in total. The fourth-order valence-corrected chi connectivity index (χ4v) is 8.12. The number of unbranched alkanes of at least 4 members (excludes halogenated alkanes) is 17. The smallest absolute Gasteiger partial charge is 0.462 e. The second kappa shape index (κ2) is 55.4. The average Bonchev–Trinajstić information content (AvgIpc) is 3.39. The topological polar surface area (TPSA) is 155 Å². The number of allylic oxidation sites excluding steroid dienone is 18. The van der Waals surface area contributed by atoms with Crippen molar-refractivity contribution in [3.8, 4) is 0 Å². The number of carbonyl (C=O) groups excluding carboxylic acids is 3. The van der Waals surface area contributed by atoms with Crippen molar-refractivity contribution in [3.05, 3.63) is 109 Å². The van der Waals surface area contributed by atoms with Crippen LogP contribution in [0.2, 0.25) is 0 Å². The number of ether oxygens (including phenoxy) is 3. The monoisotopic (exact) mass is 1050 g/mol. The number of hydrogen-bond acceptors (Lipinski definition) is 10. The van der Waals surface area contributed by atoms with E-state index in [1.165, 1.54) is 25.7 Å². The lowest BCUT2D eigenvalue weighted by Crippen LogP contribution is -2.30. The fourth-order valence-electron chi connectivity index (χ4n) is 7.33. The van der Waals surface area contributed by atoms with Crippen LogP contribution in [-0.4, -0.2) is 66.5 Å². The van der Waals surface area contributed by atoms with Crippen molar-refractivity contribution >= 4 is 25.7 Å². The highest BCUT2D eigenvalue weighted by atomic mass is 31.2. The van der Waals surface area contributed by atoms with Crippen LogP contribution >= 0.6 is 7.82 Å². The molecule has 0 amide bonds. The number of carbonyl (C=O) groups is 3. The average molecular weight is 1060 g/mol. The zero-order valence-electron chi connectivity index (χ0n) is 46.5. The van der Waals surface area contributed by atoms with Gasteiger partial charge in [0, 0.05) is 19.3 Å². The highest BCUT2D eigenvalue weighted by molar-refractivity contribution is 7.47. The van der Waals surface area contributed by atoms with Gasteiger partial charge in [-0.3, -0.25) is 23.4 Å². The van der Waals surface area contributed by atoms with Crippen LogP contribution in [0.25, 0.3) is 0 Å². The number of aliphatic hydroxyl groups excluding tert-OH is 1. The maximum absolute atomic E-state index is 12.9. The van der Waals surface area contributed by atoms with Crippen LogP contribution in [0.4, 0.5) is 0 Å². The molecule has 0 saturated carbocycles. The molecule has 0 radical (unpaired) electrons. The minimum absolute atomic E-state index is 0.119. The Morgan fingerprint density at radius 2 is 0.703 bits per heavy atom. The molecule has 0 aromatic carbocycles. The van der Waals surface area contributed by atoms with Gasteiger partial charge in [-0.25, -0.2) is 4.57 Å². The summed E-state index contributed by atoms with van der Waals surface area (Å²) in [6, 6.07) is 0. The van der Waals surface area contributed by atoms with Gasteiger partial charge in [-0.2, -0.15) is 0 Å². The lowest BCUT2D eigenvalue weighted by atomic mass is 10.1. The van der Waals surface area contributed by atoms with Crippen molar-refractivity contribution in [2.45, 2.75) is 238 Å². The first-order valence-electron chi connectivity index (χ1n) is 28.8. The predicted molar refractivity (Wildman–Crippen MR) is 307 cm³/mol. The van der Waals surface area contributed by atoms with Gasteiger partial charge in [-0.15, -0.1) is 0 Å². The minimum atomic E-state index is -4.77.